The minimum atomic E-state index is -1.48. The van der Waals surface area contributed by atoms with Crippen molar-refractivity contribution in [3.05, 3.63) is 29.6 Å². The second-order valence-corrected chi connectivity index (χ2v) is 4.49. The van der Waals surface area contributed by atoms with Crippen LogP contribution in [0.3, 0.4) is 0 Å². The maximum atomic E-state index is 14.0. The first-order valence-electron chi connectivity index (χ1n) is 7.00. The topological polar surface area (TPSA) is 65.0 Å². The van der Waals surface area contributed by atoms with E-state index in [-0.39, 0.29) is 24.7 Å². The molecule has 124 valence electrons. The van der Waals surface area contributed by atoms with Gasteiger partial charge in [-0.15, -0.1) is 0 Å². The number of carboxylic acids is 1. The Morgan fingerprint density at radius 3 is 2.73 bits per heavy atom. The van der Waals surface area contributed by atoms with Gasteiger partial charge >= 0.3 is 5.97 Å². The normalized spacial score (nSPS) is 12.1. The lowest BCUT2D eigenvalue weighted by molar-refractivity contribution is -0.162. The van der Waals surface area contributed by atoms with Gasteiger partial charge in [0.15, 0.2) is 6.10 Å². The van der Waals surface area contributed by atoms with E-state index in [2.05, 4.69) is 0 Å². The number of unbranched alkanes of at least 4 members (excludes halogenated alkanes) is 1. The summed E-state index contributed by atoms with van der Waals surface area (Å²) >= 11 is 0. The maximum absolute atomic E-state index is 14.0. The lowest BCUT2D eigenvalue weighted by atomic mass is 10.1. The van der Waals surface area contributed by atoms with Crippen molar-refractivity contribution in [2.24, 2.45) is 0 Å². The standard InChI is InChI=1S/C15H20F2O5/c1-2-3-7-20-10-22-14(15(18)19)12-5-4-11(9-13(12)17)21-8-6-16/h4-5,9,14H,2-3,6-8,10H2,1H3,(H,18,19). The van der Waals surface area contributed by atoms with Gasteiger partial charge in [0.1, 0.15) is 31.6 Å². The Morgan fingerprint density at radius 1 is 1.36 bits per heavy atom. The van der Waals surface area contributed by atoms with Crippen molar-refractivity contribution in [1.82, 2.24) is 0 Å². The number of benzene rings is 1. The van der Waals surface area contributed by atoms with E-state index in [1.165, 1.54) is 12.1 Å². The zero-order valence-corrected chi connectivity index (χ0v) is 12.4. The lowest BCUT2D eigenvalue weighted by Crippen LogP contribution is -2.18. The van der Waals surface area contributed by atoms with Gasteiger partial charge in [0.25, 0.3) is 0 Å². The number of ether oxygens (including phenoxy) is 3. The molecular weight excluding hydrogens is 298 g/mol. The van der Waals surface area contributed by atoms with Gasteiger partial charge in [-0.1, -0.05) is 13.3 Å². The summed E-state index contributed by atoms with van der Waals surface area (Å²) in [6, 6.07) is 3.61. The molecule has 0 bridgehead atoms. The smallest absolute Gasteiger partial charge is 0.337 e. The van der Waals surface area contributed by atoms with E-state index >= 15 is 0 Å². The summed E-state index contributed by atoms with van der Waals surface area (Å²) in [5.41, 5.74) is -0.140. The minimum Gasteiger partial charge on any atom is -0.491 e. The fourth-order valence-electron chi connectivity index (χ4n) is 1.68. The van der Waals surface area contributed by atoms with Crippen molar-refractivity contribution >= 4 is 5.97 Å². The fraction of sp³-hybridized carbons (Fsp3) is 0.533. The molecule has 1 N–H and O–H groups in total. The molecular formula is C15H20F2O5. The van der Waals surface area contributed by atoms with Crippen LogP contribution < -0.4 is 4.74 Å². The highest BCUT2D eigenvalue weighted by Gasteiger charge is 2.24. The summed E-state index contributed by atoms with van der Waals surface area (Å²) in [6.07, 6.45) is 0.296. The van der Waals surface area contributed by atoms with Crippen LogP contribution in [0.1, 0.15) is 31.4 Å². The van der Waals surface area contributed by atoms with Crippen molar-refractivity contribution in [3.8, 4) is 5.75 Å². The Labute approximate surface area is 127 Å². The second-order valence-electron chi connectivity index (χ2n) is 4.49. The van der Waals surface area contributed by atoms with Crippen LogP contribution in [0.2, 0.25) is 0 Å². The quantitative estimate of drug-likeness (QED) is 0.502. The third-order valence-corrected chi connectivity index (χ3v) is 2.78. The Morgan fingerprint density at radius 2 is 2.14 bits per heavy atom. The van der Waals surface area contributed by atoms with Crippen molar-refractivity contribution in [2.75, 3.05) is 26.7 Å². The number of carbonyl (C=O) groups is 1. The Hall–Kier alpha value is -1.73. The number of rotatable bonds is 11. The van der Waals surface area contributed by atoms with Gasteiger partial charge in [-0.05, 0) is 18.6 Å². The van der Waals surface area contributed by atoms with Crippen LogP contribution in [-0.4, -0.2) is 37.8 Å². The van der Waals surface area contributed by atoms with E-state index in [1.54, 1.807) is 0 Å². The van der Waals surface area contributed by atoms with Crippen LogP contribution in [-0.2, 0) is 14.3 Å². The molecule has 0 fully saturated rings. The second kappa shape index (κ2) is 10.1. The zero-order valence-electron chi connectivity index (χ0n) is 12.4. The number of hydrogen-bond acceptors (Lipinski definition) is 4. The molecule has 0 spiro atoms. The van der Waals surface area contributed by atoms with Crippen molar-refractivity contribution in [2.45, 2.75) is 25.9 Å². The van der Waals surface area contributed by atoms with Gasteiger partial charge in [-0.3, -0.25) is 0 Å². The molecule has 0 aliphatic carbocycles. The Balaban J connectivity index is 2.68. The molecule has 1 aromatic carbocycles. The number of alkyl halides is 1. The molecule has 0 heterocycles. The molecule has 0 saturated carbocycles. The van der Waals surface area contributed by atoms with E-state index in [1.807, 2.05) is 6.92 Å². The van der Waals surface area contributed by atoms with Crippen LogP contribution in [0, 0.1) is 5.82 Å². The van der Waals surface area contributed by atoms with Crippen LogP contribution in [0.25, 0.3) is 0 Å². The molecule has 22 heavy (non-hydrogen) atoms. The molecule has 0 aliphatic rings. The maximum Gasteiger partial charge on any atom is 0.337 e. The highest BCUT2D eigenvalue weighted by atomic mass is 19.1. The van der Waals surface area contributed by atoms with E-state index in [9.17, 15) is 13.6 Å². The third-order valence-electron chi connectivity index (χ3n) is 2.78. The van der Waals surface area contributed by atoms with E-state index < -0.39 is 24.6 Å². The summed E-state index contributed by atoms with van der Waals surface area (Å²) in [5.74, 6) is -1.99. The minimum absolute atomic E-state index is 0.127. The molecule has 7 heteroatoms. The predicted octanol–water partition coefficient (Wildman–Crippen LogP) is 3.09. The molecule has 1 atom stereocenters. The first kappa shape index (κ1) is 18.3. The van der Waals surface area contributed by atoms with E-state index in [0.29, 0.717) is 6.61 Å². The molecule has 0 radical (unpaired) electrons. The monoisotopic (exact) mass is 318 g/mol. The lowest BCUT2D eigenvalue weighted by Gasteiger charge is -2.15. The first-order valence-corrected chi connectivity index (χ1v) is 7.00. The molecule has 0 saturated heterocycles. The van der Waals surface area contributed by atoms with Crippen LogP contribution in [0.15, 0.2) is 18.2 Å². The number of carboxylic acid groups (broad SMARTS) is 1. The van der Waals surface area contributed by atoms with Gasteiger partial charge < -0.3 is 19.3 Å². The number of halogens is 2. The highest BCUT2D eigenvalue weighted by Crippen LogP contribution is 2.25. The van der Waals surface area contributed by atoms with E-state index in [0.717, 1.165) is 18.9 Å². The number of aliphatic carboxylic acids is 1. The van der Waals surface area contributed by atoms with E-state index in [4.69, 9.17) is 19.3 Å². The third kappa shape index (κ3) is 5.95. The van der Waals surface area contributed by atoms with Crippen molar-refractivity contribution in [3.63, 3.8) is 0 Å². The van der Waals surface area contributed by atoms with Crippen molar-refractivity contribution in [1.29, 1.82) is 0 Å². The van der Waals surface area contributed by atoms with Gasteiger partial charge in [-0.2, -0.15) is 0 Å². The van der Waals surface area contributed by atoms with Gasteiger partial charge in [0.2, 0.25) is 0 Å². The molecule has 0 aliphatic heterocycles. The van der Waals surface area contributed by atoms with Crippen molar-refractivity contribution < 1.29 is 32.9 Å². The summed E-state index contributed by atoms with van der Waals surface area (Å²) in [5, 5.41) is 9.14. The zero-order chi connectivity index (χ0) is 16.4. The van der Waals surface area contributed by atoms with Gasteiger partial charge in [-0.25, -0.2) is 13.6 Å². The van der Waals surface area contributed by atoms with Crippen LogP contribution in [0.4, 0.5) is 8.78 Å². The highest BCUT2D eigenvalue weighted by molar-refractivity contribution is 5.74. The summed E-state index contributed by atoms with van der Waals surface area (Å²) in [6.45, 7) is 1.31. The Kier molecular flexibility index (Phi) is 8.39. The average molecular weight is 318 g/mol. The fourth-order valence-corrected chi connectivity index (χ4v) is 1.68. The SMILES string of the molecule is CCCCOCOC(C(=O)O)c1ccc(OCCF)cc1F. The van der Waals surface area contributed by atoms with Gasteiger partial charge in [0.05, 0.1) is 0 Å². The van der Waals surface area contributed by atoms with Crippen LogP contribution in [0.5, 0.6) is 5.75 Å². The van der Waals surface area contributed by atoms with Gasteiger partial charge in [0, 0.05) is 18.2 Å². The van der Waals surface area contributed by atoms with Crippen LogP contribution >= 0.6 is 0 Å². The molecule has 1 unspecified atom stereocenters. The molecule has 1 aromatic rings. The summed E-state index contributed by atoms with van der Waals surface area (Å²) < 4.78 is 41.1. The summed E-state index contributed by atoms with van der Waals surface area (Å²) in [7, 11) is 0. The Bertz CT molecular complexity index is 467. The molecule has 0 amide bonds. The molecule has 1 rings (SSSR count). The molecule has 5 nitrogen and oxygen atoms in total. The first-order chi connectivity index (χ1) is 10.6. The largest absolute Gasteiger partial charge is 0.491 e. The number of hydrogen-bond donors (Lipinski definition) is 1. The summed E-state index contributed by atoms with van der Waals surface area (Å²) in [4.78, 5) is 11.2. The predicted molar refractivity (Wildman–Crippen MR) is 75.1 cm³/mol. The molecule has 0 aromatic heterocycles. The average Bonchev–Trinajstić information content (AvgIpc) is 2.49.